The molecule has 2 aromatic rings. The van der Waals surface area contributed by atoms with Crippen LogP contribution in [0, 0.1) is 0 Å². The summed E-state index contributed by atoms with van der Waals surface area (Å²) in [5, 5.41) is 3.02. The number of alkyl carbamates (subject to hydrolysis) is 1. The summed E-state index contributed by atoms with van der Waals surface area (Å²) in [6, 6.07) is 7.33. The Morgan fingerprint density at radius 3 is 2.68 bits per heavy atom. The minimum atomic E-state index is -0.545. The van der Waals surface area contributed by atoms with E-state index in [0.717, 1.165) is 16.7 Å². The van der Waals surface area contributed by atoms with Crippen molar-refractivity contribution in [3.8, 4) is 11.3 Å². The topological polar surface area (TPSA) is 90.1 Å². The third-order valence-electron chi connectivity index (χ3n) is 3.48. The van der Waals surface area contributed by atoms with Gasteiger partial charge < -0.3 is 15.8 Å². The predicted molar refractivity (Wildman–Crippen MR) is 98.2 cm³/mol. The molecule has 0 spiro atoms. The minimum absolute atomic E-state index is 0.191. The zero-order valence-corrected chi connectivity index (χ0v) is 15.6. The molecule has 7 heteroatoms. The van der Waals surface area contributed by atoms with Gasteiger partial charge in [-0.25, -0.2) is 14.8 Å². The van der Waals surface area contributed by atoms with Crippen LogP contribution < -0.4 is 11.1 Å². The number of nitrogens with two attached hydrogens (primary N) is 1. The van der Waals surface area contributed by atoms with Crippen LogP contribution in [-0.4, -0.2) is 21.7 Å². The third-order valence-corrected chi connectivity index (χ3v) is 3.67. The van der Waals surface area contributed by atoms with Gasteiger partial charge in [0.15, 0.2) is 0 Å². The van der Waals surface area contributed by atoms with Gasteiger partial charge in [-0.1, -0.05) is 12.1 Å². The van der Waals surface area contributed by atoms with Crippen LogP contribution in [0.1, 0.15) is 44.9 Å². The van der Waals surface area contributed by atoms with Crippen molar-refractivity contribution in [1.29, 1.82) is 0 Å². The van der Waals surface area contributed by atoms with E-state index in [1.165, 1.54) is 0 Å². The molecule has 1 amide bonds. The molecule has 1 aromatic heterocycles. The van der Waals surface area contributed by atoms with Gasteiger partial charge in [-0.2, -0.15) is 0 Å². The van der Waals surface area contributed by atoms with Crippen LogP contribution >= 0.6 is 11.6 Å². The standard InChI is InChI=1S/C18H23ClN4O2/c1-11(22-17(24)25-18(2,3)4)14-6-5-12(9-13(14)10-20)15-7-8-21-16(19)23-15/h5-9,11H,10,20H2,1-4H3,(H,22,24). The van der Waals surface area contributed by atoms with Crippen LogP contribution in [0.4, 0.5) is 4.79 Å². The summed E-state index contributed by atoms with van der Waals surface area (Å²) in [6.07, 6.45) is 1.14. The van der Waals surface area contributed by atoms with Crippen molar-refractivity contribution in [2.75, 3.05) is 0 Å². The van der Waals surface area contributed by atoms with E-state index < -0.39 is 11.7 Å². The number of carbonyl (C=O) groups excluding carboxylic acids is 1. The average Bonchev–Trinajstić information content (AvgIpc) is 2.52. The molecule has 1 unspecified atom stereocenters. The van der Waals surface area contributed by atoms with Crippen LogP contribution in [0.15, 0.2) is 30.5 Å². The Kier molecular flexibility index (Phi) is 5.98. The van der Waals surface area contributed by atoms with Crippen molar-refractivity contribution >= 4 is 17.7 Å². The van der Waals surface area contributed by atoms with E-state index in [4.69, 9.17) is 22.1 Å². The lowest BCUT2D eigenvalue weighted by molar-refractivity contribution is 0.0508. The van der Waals surface area contributed by atoms with Crippen molar-refractivity contribution in [1.82, 2.24) is 15.3 Å². The van der Waals surface area contributed by atoms with Crippen LogP contribution in [0.2, 0.25) is 5.28 Å². The lowest BCUT2D eigenvalue weighted by Gasteiger charge is -2.23. The minimum Gasteiger partial charge on any atom is -0.444 e. The third kappa shape index (κ3) is 5.41. The number of aromatic nitrogens is 2. The van der Waals surface area contributed by atoms with E-state index in [2.05, 4.69) is 15.3 Å². The summed E-state index contributed by atoms with van der Waals surface area (Å²) in [5.74, 6) is 0. The van der Waals surface area contributed by atoms with Crippen molar-refractivity contribution < 1.29 is 9.53 Å². The van der Waals surface area contributed by atoms with Gasteiger partial charge in [0.05, 0.1) is 11.7 Å². The molecule has 0 fully saturated rings. The number of nitrogens with one attached hydrogen (secondary N) is 1. The van der Waals surface area contributed by atoms with Crippen LogP contribution in [0.5, 0.6) is 0 Å². The summed E-state index contributed by atoms with van der Waals surface area (Å²) in [4.78, 5) is 20.1. The summed E-state index contributed by atoms with van der Waals surface area (Å²) in [5.41, 5.74) is 8.79. The van der Waals surface area contributed by atoms with Crippen molar-refractivity contribution in [2.24, 2.45) is 5.73 Å². The molecule has 0 saturated carbocycles. The molecule has 1 atom stereocenters. The number of nitrogens with zero attached hydrogens (tertiary/aromatic N) is 2. The molecular weight excluding hydrogens is 340 g/mol. The Hall–Kier alpha value is -2.18. The zero-order valence-electron chi connectivity index (χ0n) is 14.8. The van der Waals surface area contributed by atoms with Gasteiger partial charge in [0, 0.05) is 18.3 Å². The Balaban J connectivity index is 2.23. The molecule has 0 saturated heterocycles. The van der Waals surface area contributed by atoms with E-state index in [-0.39, 0.29) is 11.3 Å². The predicted octanol–water partition coefficient (Wildman–Crippen LogP) is 3.84. The molecule has 0 aliphatic rings. The first kappa shape index (κ1) is 19.1. The monoisotopic (exact) mass is 362 g/mol. The lowest BCUT2D eigenvalue weighted by Crippen LogP contribution is -2.34. The molecule has 2 rings (SSSR count). The Labute approximate surface area is 152 Å². The first-order chi connectivity index (χ1) is 11.7. The number of rotatable bonds is 4. The number of amides is 1. The zero-order chi connectivity index (χ0) is 18.6. The quantitative estimate of drug-likeness (QED) is 0.806. The van der Waals surface area contributed by atoms with Crippen LogP contribution in [-0.2, 0) is 11.3 Å². The second-order valence-corrected chi connectivity index (χ2v) is 7.03. The second-order valence-electron chi connectivity index (χ2n) is 6.70. The van der Waals surface area contributed by atoms with Gasteiger partial charge in [-0.3, -0.25) is 0 Å². The van der Waals surface area contributed by atoms with Gasteiger partial charge in [-0.05, 0) is 62.6 Å². The van der Waals surface area contributed by atoms with E-state index >= 15 is 0 Å². The van der Waals surface area contributed by atoms with Gasteiger partial charge in [0.2, 0.25) is 5.28 Å². The van der Waals surface area contributed by atoms with Gasteiger partial charge in [-0.15, -0.1) is 0 Å². The van der Waals surface area contributed by atoms with Crippen molar-refractivity contribution in [3.63, 3.8) is 0 Å². The molecule has 25 heavy (non-hydrogen) atoms. The fraction of sp³-hybridized carbons (Fsp3) is 0.389. The van der Waals surface area contributed by atoms with Crippen molar-refractivity contribution in [3.05, 3.63) is 46.9 Å². The normalized spacial score (nSPS) is 12.6. The molecule has 0 aliphatic carbocycles. The maximum absolute atomic E-state index is 12.0. The SMILES string of the molecule is CC(NC(=O)OC(C)(C)C)c1ccc(-c2ccnc(Cl)n2)cc1CN. The maximum atomic E-state index is 12.0. The van der Waals surface area contributed by atoms with Gasteiger partial charge >= 0.3 is 6.09 Å². The van der Waals surface area contributed by atoms with Crippen LogP contribution in [0.3, 0.4) is 0 Å². The summed E-state index contributed by atoms with van der Waals surface area (Å²) < 4.78 is 5.30. The van der Waals surface area contributed by atoms with E-state index in [0.29, 0.717) is 12.2 Å². The Morgan fingerprint density at radius 1 is 1.36 bits per heavy atom. The van der Waals surface area contributed by atoms with Gasteiger partial charge in [0.1, 0.15) is 5.60 Å². The number of hydrogen-bond acceptors (Lipinski definition) is 5. The molecule has 0 radical (unpaired) electrons. The van der Waals surface area contributed by atoms with E-state index in [1.54, 1.807) is 12.3 Å². The highest BCUT2D eigenvalue weighted by atomic mass is 35.5. The molecule has 0 bridgehead atoms. The highest BCUT2D eigenvalue weighted by Crippen LogP contribution is 2.25. The number of benzene rings is 1. The van der Waals surface area contributed by atoms with Gasteiger partial charge in [0.25, 0.3) is 0 Å². The van der Waals surface area contributed by atoms with E-state index in [1.807, 2.05) is 45.9 Å². The Morgan fingerprint density at radius 2 is 2.08 bits per heavy atom. The molecule has 6 nitrogen and oxygen atoms in total. The number of carbonyl (C=O) groups is 1. The molecular formula is C18H23ClN4O2. The number of hydrogen-bond donors (Lipinski definition) is 2. The molecule has 1 heterocycles. The van der Waals surface area contributed by atoms with E-state index in [9.17, 15) is 4.79 Å². The summed E-state index contributed by atoms with van der Waals surface area (Å²) in [6.45, 7) is 7.70. The molecule has 134 valence electrons. The number of ether oxygens (including phenoxy) is 1. The first-order valence-electron chi connectivity index (χ1n) is 8.01. The Bertz CT molecular complexity index is 759. The number of halogens is 1. The average molecular weight is 363 g/mol. The summed E-state index contributed by atoms with van der Waals surface area (Å²) in [7, 11) is 0. The fourth-order valence-electron chi connectivity index (χ4n) is 2.42. The fourth-order valence-corrected chi connectivity index (χ4v) is 2.57. The van der Waals surface area contributed by atoms with Crippen molar-refractivity contribution in [2.45, 2.75) is 45.9 Å². The smallest absolute Gasteiger partial charge is 0.408 e. The molecule has 3 N–H and O–H groups in total. The maximum Gasteiger partial charge on any atom is 0.408 e. The molecule has 1 aromatic carbocycles. The highest BCUT2D eigenvalue weighted by molar-refractivity contribution is 6.28. The first-order valence-corrected chi connectivity index (χ1v) is 8.38. The molecule has 0 aliphatic heterocycles. The largest absolute Gasteiger partial charge is 0.444 e. The lowest BCUT2D eigenvalue weighted by atomic mass is 9.97. The second kappa shape index (κ2) is 7.80. The highest BCUT2D eigenvalue weighted by Gasteiger charge is 2.19. The summed E-state index contributed by atoms with van der Waals surface area (Å²) >= 11 is 5.85. The van der Waals surface area contributed by atoms with Crippen LogP contribution in [0.25, 0.3) is 11.3 Å².